The number of anilines is 2. The second-order valence-corrected chi connectivity index (χ2v) is 5.15. The van der Waals surface area contributed by atoms with Crippen molar-refractivity contribution in [2.24, 2.45) is 5.84 Å². The summed E-state index contributed by atoms with van der Waals surface area (Å²) in [6.45, 7) is 0. The normalized spacial score (nSPS) is 10.2. The Bertz CT molecular complexity index is 666. The Morgan fingerprint density at radius 1 is 1.30 bits per heavy atom. The fourth-order valence-electron chi connectivity index (χ4n) is 1.63. The van der Waals surface area contributed by atoms with Crippen LogP contribution in [0.25, 0.3) is 0 Å². The summed E-state index contributed by atoms with van der Waals surface area (Å²) in [4.78, 5) is 12.1. The molecule has 0 aliphatic carbocycles. The predicted octanol–water partition coefficient (Wildman–Crippen LogP) is 3.78. The molecule has 0 atom stereocenters. The van der Waals surface area contributed by atoms with Gasteiger partial charge in [0.15, 0.2) is 0 Å². The van der Waals surface area contributed by atoms with Gasteiger partial charge in [0.05, 0.1) is 16.3 Å². The molecule has 1 amide bonds. The molecular formula is C13H10BrClFN3O. The van der Waals surface area contributed by atoms with E-state index in [1.54, 1.807) is 18.2 Å². The van der Waals surface area contributed by atoms with Crippen LogP contribution >= 0.6 is 27.5 Å². The molecule has 0 unspecified atom stereocenters. The molecule has 0 spiro atoms. The number of rotatable bonds is 3. The van der Waals surface area contributed by atoms with Crippen molar-refractivity contribution in [3.63, 3.8) is 0 Å². The van der Waals surface area contributed by atoms with E-state index in [4.69, 9.17) is 17.4 Å². The number of benzene rings is 2. The predicted molar refractivity (Wildman–Crippen MR) is 81.3 cm³/mol. The highest BCUT2D eigenvalue weighted by atomic mass is 79.9. The molecule has 0 aromatic heterocycles. The molecule has 104 valence electrons. The van der Waals surface area contributed by atoms with Crippen molar-refractivity contribution in [2.45, 2.75) is 0 Å². The summed E-state index contributed by atoms with van der Waals surface area (Å²) in [5, 5.41) is 3.08. The van der Waals surface area contributed by atoms with Gasteiger partial charge in [0, 0.05) is 10.2 Å². The number of hydrogen-bond acceptors (Lipinski definition) is 3. The van der Waals surface area contributed by atoms with E-state index in [2.05, 4.69) is 26.7 Å². The number of carbonyl (C=O) groups is 1. The topological polar surface area (TPSA) is 67.1 Å². The van der Waals surface area contributed by atoms with E-state index in [9.17, 15) is 9.18 Å². The first-order valence-corrected chi connectivity index (χ1v) is 6.71. The minimum atomic E-state index is -0.603. The number of halogens is 3. The molecule has 2 aromatic carbocycles. The monoisotopic (exact) mass is 357 g/mol. The van der Waals surface area contributed by atoms with Crippen molar-refractivity contribution in [3.05, 3.63) is 57.3 Å². The summed E-state index contributed by atoms with van der Waals surface area (Å²) >= 11 is 9.19. The molecule has 0 fully saturated rings. The van der Waals surface area contributed by atoms with E-state index in [1.165, 1.54) is 18.2 Å². The Balaban J connectivity index is 2.28. The SMILES string of the molecule is NNc1c(F)cccc1C(=O)Nc1ccc(Br)c(Cl)c1. The van der Waals surface area contributed by atoms with Crippen LogP contribution in [0.4, 0.5) is 15.8 Å². The molecule has 20 heavy (non-hydrogen) atoms. The van der Waals surface area contributed by atoms with E-state index < -0.39 is 11.7 Å². The van der Waals surface area contributed by atoms with Gasteiger partial charge in [-0.3, -0.25) is 10.6 Å². The molecule has 7 heteroatoms. The number of hydrazine groups is 1. The highest BCUT2D eigenvalue weighted by molar-refractivity contribution is 9.10. The minimum absolute atomic E-state index is 0.0618. The third-order valence-electron chi connectivity index (χ3n) is 2.58. The molecule has 4 N–H and O–H groups in total. The number of para-hydroxylation sites is 1. The van der Waals surface area contributed by atoms with E-state index in [0.29, 0.717) is 15.2 Å². The lowest BCUT2D eigenvalue weighted by atomic mass is 10.1. The van der Waals surface area contributed by atoms with Gasteiger partial charge < -0.3 is 10.7 Å². The number of carbonyl (C=O) groups excluding carboxylic acids is 1. The van der Waals surface area contributed by atoms with Crippen LogP contribution in [0.2, 0.25) is 5.02 Å². The summed E-state index contributed by atoms with van der Waals surface area (Å²) in [6, 6.07) is 9.06. The molecule has 0 heterocycles. The van der Waals surface area contributed by atoms with E-state index in [1.807, 2.05) is 0 Å². The van der Waals surface area contributed by atoms with Crippen LogP contribution in [0.3, 0.4) is 0 Å². The van der Waals surface area contributed by atoms with Crippen molar-refractivity contribution in [2.75, 3.05) is 10.7 Å². The molecule has 4 nitrogen and oxygen atoms in total. The van der Waals surface area contributed by atoms with Crippen LogP contribution in [-0.4, -0.2) is 5.91 Å². The second kappa shape index (κ2) is 6.21. The molecule has 0 saturated heterocycles. The van der Waals surface area contributed by atoms with Crippen LogP contribution < -0.4 is 16.6 Å². The lowest BCUT2D eigenvalue weighted by Gasteiger charge is -2.10. The van der Waals surface area contributed by atoms with Gasteiger partial charge >= 0.3 is 0 Å². The molecule has 0 aliphatic rings. The Hall–Kier alpha value is -1.63. The van der Waals surface area contributed by atoms with Crippen molar-refractivity contribution in [1.29, 1.82) is 0 Å². The first-order valence-electron chi connectivity index (χ1n) is 5.54. The molecule has 0 bridgehead atoms. The average Bonchev–Trinajstić information content (AvgIpc) is 2.42. The highest BCUT2D eigenvalue weighted by Gasteiger charge is 2.14. The first kappa shape index (κ1) is 14.8. The first-order chi connectivity index (χ1) is 9.52. The Morgan fingerprint density at radius 2 is 2.05 bits per heavy atom. The van der Waals surface area contributed by atoms with Crippen LogP contribution in [-0.2, 0) is 0 Å². The number of hydrogen-bond donors (Lipinski definition) is 3. The summed E-state index contributed by atoms with van der Waals surface area (Å²) < 4.78 is 14.2. The van der Waals surface area contributed by atoms with Gasteiger partial charge in [-0.25, -0.2) is 4.39 Å². The zero-order chi connectivity index (χ0) is 14.7. The maximum atomic E-state index is 13.5. The lowest BCUT2D eigenvalue weighted by Crippen LogP contribution is -2.18. The molecule has 0 radical (unpaired) electrons. The van der Waals surface area contributed by atoms with Crippen molar-refractivity contribution >= 4 is 44.8 Å². The molecule has 2 aromatic rings. The fraction of sp³-hybridized carbons (Fsp3) is 0. The number of nitrogens with two attached hydrogens (primary N) is 1. The third-order valence-corrected chi connectivity index (χ3v) is 3.81. The lowest BCUT2D eigenvalue weighted by molar-refractivity contribution is 0.102. The van der Waals surface area contributed by atoms with Gasteiger partial charge in [0.1, 0.15) is 5.82 Å². The van der Waals surface area contributed by atoms with E-state index in [0.717, 1.165) is 0 Å². The summed E-state index contributed by atoms with van der Waals surface area (Å²) in [5.74, 6) is 4.14. The Morgan fingerprint density at radius 3 is 2.70 bits per heavy atom. The molecular weight excluding hydrogens is 349 g/mol. The summed E-state index contributed by atoms with van der Waals surface area (Å²) in [7, 11) is 0. The van der Waals surface area contributed by atoms with Gasteiger partial charge in [-0.2, -0.15) is 0 Å². The Kier molecular flexibility index (Phi) is 4.59. The number of nitrogens with one attached hydrogen (secondary N) is 2. The van der Waals surface area contributed by atoms with Gasteiger partial charge in [0.2, 0.25) is 0 Å². The average molecular weight is 359 g/mol. The van der Waals surface area contributed by atoms with Crippen molar-refractivity contribution in [1.82, 2.24) is 0 Å². The van der Waals surface area contributed by atoms with Gasteiger partial charge in [-0.05, 0) is 46.3 Å². The van der Waals surface area contributed by atoms with Gasteiger partial charge in [-0.15, -0.1) is 0 Å². The maximum Gasteiger partial charge on any atom is 0.257 e. The largest absolute Gasteiger partial charge is 0.322 e. The van der Waals surface area contributed by atoms with Crippen LogP contribution in [0, 0.1) is 5.82 Å². The molecule has 0 aliphatic heterocycles. The van der Waals surface area contributed by atoms with E-state index >= 15 is 0 Å². The van der Waals surface area contributed by atoms with Gasteiger partial charge in [0.25, 0.3) is 5.91 Å². The minimum Gasteiger partial charge on any atom is -0.322 e. The number of amides is 1. The van der Waals surface area contributed by atoms with Crippen LogP contribution in [0.15, 0.2) is 40.9 Å². The van der Waals surface area contributed by atoms with Crippen molar-refractivity contribution in [3.8, 4) is 0 Å². The zero-order valence-corrected chi connectivity index (χ0v) is 12.4. The van der Waals surface area contributed by atoms with Gasteiger partial charge in [-0.1, -0.05) is 17.7 Å². The second-order valence-electron chi connectivity index (χ2n) is 3.89. The maximum absolute atomic E-state index is 13.5. The van der Waals surface area contributed by atoms with Crippen molar-refractivity contribution < 1.29 is 9.18 Å². The highest BCUT2D eigenvalue weighted by Crippen LogP contribution is 2.26. The smallest absolute Gasteiger partial charge is 0.257 e. The standard InChI is InChI=1S/C13H10BrClFN3O/c14-9-5-4-7(6-10(9)15)18-13(20)8-2-1-3-11(16)12(8)19-17/h1-6,19H,17H2,(H,18,20). The summed E-state index contributed by atoms with van der Waals surface area (Å²) in [5.41, 5.74) is 2.72. The van der Waals surface area contributed by atoms with Crippen LogP contribution in [0.1, 0.15) is 10.4 Å². The summed E-state index contributed by atoms with van der Waals surface area (Å²) in [6.07, 6.45) is 0. The molecule has 0 saturated carbocycles. The fourth-order valence-corrected chi connectivity index (χ4v) is 2.06. The Labute approximate surface area is 128 Å². The molecule has 2 rings (SSSR count). The van der Waals surface area contributed by atoms with E-state index in [-0.39, 0.29) is 11.3 Å². The third kappa shape index (κ3) is 3.09. The number of nitrogen functional groups attached to an aromatic ring is 1. The quantitative estimate of drug-likeness (QED) is 0.578. The zero-order valence-electron chi connectivity index (χ0n) is 10.1. The van der Waals surface area contributed by atoms with Crippen LogP contribution in [0.5, 0.6) is 0 Å².